The highest BCUT2D eigenvalue weighted by Gasteiger charge is 2.15. The van der Waals surface area contributed by atoms with E-state index in [2.05, 4.69) is 76.1 Å². The SMILES string of the molecule is CC(C)CNCc1ccccc1N(C)CC(C)(C)C. The minimum Gasteiger partial charge on any atom is -0.374 e. The van der Waals surface area contributed by atoms with Crippen molar-refractivity contribution in [1.82, 2.24) is 5.32 Å². The van der Waals surface area contributed by atoms with Gasteiger partial charge in [-0.3, -0.25) is 0 Å². The maximum atomic E-state index is 3.53. The van der Waals surface area contributed by atoms with Crippen LogP contribution in [0.4, 0.5) is 5.69 Å². The van der Waals surface area contributed by atoms with Crippen LogP contribution in [0.15, 0.2) is 24.3 Å². The molecular formula is C17H30N2. The van der Waals surface area contributed by atoms with Gasteiger partial charge in [0.25, 0.3) is 0 Å². The Bertz CT molecular complexity index is 377. The minimum absolute atomic E-state index is 0.313. The van der Waals surface area contributed by atoms with Crippen LogP contribution in [0.25, 0.3) is 0 Å². The summed E-state index contributed by atoms with van der Waals surface area (Å²) in [7, 11) is 2.19. The molecule has 0 aliphatic carbocycles. The average molecular weight is 262 g/mol. The van der Waals surface area contributed by atoms with Crippen LogP contribution in [0.1, 0.15) is 40.2 Å². The molecule has 0 saturated heterocycles. The summed E-state index contributed by atoms with van der Waals surface area (Å²) in [5.41, 5.74) is 3.04. The quantitative estimate of drug-likeness (QED) is 0.836. The van der Waals surface area contributed by atoms with E-state index < -0.39 is 0 Å². The second-order valence-electron chi connectivity index (χ2n) is 7.07. The molecule has 0 heterocycles. The number of hydrogen-bond donors (Lipinski definition) is 1. The lowest BCUT2D eigenvalue weighted by Gasteiger charge is -2.30. The van der Waals surface area contributed by atoms with Gasteiger partial charge in [-0.25, -0.2) is 0 Å². The van der Waals surface area contributed by atoms with Crippen molar-refractivity contribution in [2.24, 2.45) is 11.3 Å². The van der Waals surface area contributed by atoms with E-state index in [1.54, 1.807) is 0 Å². The molecule has 1 N–H and O–H groups in total. The fourth-order valence-corrected chi connectivity index (χ4v) is 2.32. The maximum Gasteiger partial charge on any atom is 0.0409 e. The van der Waals surface area contributed by atoms with Crippen molar-refractivity contribution in [2.45, 2.75) is 41.2 Å². The van der Waals surface area contributed by atoms with Crippen LogP contribution in [0, 0.1) is 11.3 Å². The molecule has 0 unspecified atom stereocenters. The Labute approximate surface area is 119 Å². The van der Waals surface area contributed by atoms with Gasteiger partial charge in [0, 0.05) is 25.8 Å². The minimum atomic E-state index is 0.313. The molecule has 0 bridgehead atoms. The van der Waals surface area contributed by atoms with Gasteiger partial charge in [-0.1, -0.05) is 52.8 Å². The van der Waals surface area contributed by atoms with E-state index in [0.717, 1.165) is 19.6 Å². The van der Waals surface area contributed by atoms with Crippen LogP contribution in [0.2, 0.25) is 0 Å². The molecule has 0 atom stereocenters. The first-order chi connectivity index (χ1) is 8.79. The molecule has 0 spiro atoms. The molecule has 0 fully saturated rings. The molecule has 0 radical (unpaired) electrons. The van der Waals surface area contributed by atoms with Gasteiger partial charge in [-0.05, 0) is 29.5 Å². The van der Waals surface area contributed by atoms with E-state index >= 15 is 0 Å². The molecular weight excluding hydrogens is 232 g/mol. The monoisotopic (exact) mass is 262 g/mol. The van der Waals surface area contributed by atoms with Gasteiger partial charge in [-0.2, -0.15) is 0 Å². The maximum absolute atomic E-state index is 3.53. The van der Waals surface area contributed by atoms with E-state index in [0.29, 0.717) is 11.3 Å². The number of nitrogens with zero attached hydrogens (tertiary/aromatic N) is 1. The molecule has 1 aromatic rings. The molecule has 0 aliphatic rings. The van der Waals surface area contributed by atoms with Crippen LogP contribution < -0.4 is 10.2 Å². The summed E-state index contributed by atoms with van der Waals surface area (Å²) in [6, 6.07) is 8.70. The van der Waals surface area contributed by atoms with Crippen LogP contribution in [0.5, 0.6) is 0 Å². The Hall–Kier alpha value is -1.02. The molecule has 2 nitrogen and oxygen atoms in total. The standard InChI is InChI=1S/C17H30N2/c1-14(2)11-18-12-15-9-7-8-10-16(15)19(6)13-17(3,4)5/h7-10,14,18H,11-13H2,1-6H3. The number of rotatable bonds is 6. The summed E-state index contributed by atoms with van der Waals surface area (Å²) in [4.78, 5) is 2.37. The highest BCUT2D eigenvalue weighted by Crippen LogP contribution is 2.23. The van der Waals surface area contributed by atoms with Crippen molar-refractivity contribution in [2.75, 3.05) is 25.0 Å². The molecule has 1 aromatic carbocycles. The zero-order valence-corrected chi connectivity index (χ0v) is 13.5. The van der Waals surface area contributed by atoms with E-state index in [1.165, 1.54) is 11.3 Å². The van der Waals surface area contributed by atoms with Crippen molar-refractivity contribution in [3.8, 4) is 0 Å². The molecule has 0 aliphatic heterocycles. The molecule has 0 amide bonds. The average Bonchev–Trinajstić information content (AvgIpc) is 2.26. The van der Waals surface area contributed by atoms with Crippen LogP contribution >= 0.6 is 0 Å². The topological polar surface area (TPSA) is 15.3 Å². The third-order valence-corrected chi connectivity index (χ3v) is 2.98. The van der Waals surface area contributed by atoms with Gasteiger partial charge in [-0.15, -0.1) is 0 Å². The van der Waals surface area contributed by atoms with Gasteiger partial charge < -0.3 is 10.2 Å². The summed E-state index contributed by atoms with van der Waals surface area (Å²) in [6.45, 7) is 14.4. The van der Waals surface area contributed by atoms with Gasteiger partial charge >= 0.3 is 0 Å². The molecule has 2 heteroatoms. The van der Waals surface area contributed by atoms with Gasteiger partial charge in [0.1, 0.15) is 0 Å². The van der Waals surface area contributed by atoms with E-state index in [9.17, 15) is 0 Å². The Kier molecular flexibility index (Phi) is 5.86. The fraction of sp³-hybridized carbons (Fsp3) is 0.647. The molecule has 0 saturated carbocycles. The van der Waals surface area contributed by atoms with Gasteiger partial charge in [0.2, 0.25) is 0 Å². The van der Waals surface area contributed by atoms with Crippen molar-refractivity contribution < 1.29 is 0 Å². The first-order valence-corrected chi connectivity index (χ1v) is 7.29. The lowest BCUT2D eigenvalue weighted by atomic mass is 9.95. The number of benzene rings is 1. The predicted octanol–water partition coefficient (Wildman–Crippen LogP) is 3.91. The first-order valence-electron chi connectivity index (χ1n) is 7.29. The Morgan fingerprint density at radius 2 is 1.79 bits per heavy atom. The molecule has 0 aromatic heterocycles. The molecule has 108 valence electrons. The Morgan fingerprint density at radius 3 is 2.37 bits per heavy atom. The fourth-order valence-electron chi connectivity index (χ4n) is 2.32. The highest BCUT2D eigenvalue weighted by molar-refractivity contribution is 5.53. The lowest BCUT2D eigenvalue weighted by molar-refractivity contribution is 0.418. The smallest absolute Gasteiger partial charge is 0.0409 e. The zero-order valence-electron chi connectivity index (χ0n) is 13.5. The normalized spacial score (nSPS) is 11.9. The third kappa shape index (κ3) is 6.11. The number of para-hydroxylation sites is 1. The highest BCUT2D eigenvalue weighted by atomic mass is 15.1. The van der Waals surface area contributed by atoms with Crippen molar-refractivity contribution >= 4 is 5.69 Å². The zero-order chi connectivity index (χ0) is 14.5. The van der Waals surface area contributed by atoms with E-state index in [-0.39, 0.29) is 0 Å². The van der Waals surface area contributed by atoms with E-state index in [1.807, 2.05) is 0 Å². The van der Waals surface area contributed by atoms with E-state index in [4.69, 9.17) is 0 Å². The van der Waals surface area contributed by atoms with Crippen LogP contribution in [-0.4, -0.2) is 20.1 Å². The summed E-state index contributed by atoms with van der Waals surface area (Å²) >= 11 is 0. The lowest BCUT2D eigenvalue weighted by Crippen LogP contribution is -2.30. The second-order valence-corrected chi connectivity index (χ2v) is 7.07. The van der Waals surface area contributed by atoms with Gasteiger partial charge in [0.15, 0.2) is 0 Å². The number of hydrogen-bond acceptors (Lipinski definition) is 2. The Morgan fingerprint density at radius 1 is 1.16 bits per heavy atom. The first kappa shape index (κ1) is 16.0. The van der Waals surface area contributed by atoms with Crippen molar-refractivity contribution in [3.63, 3.8) is 0 Å². The summed E-state index contributed by atoms with van der Waals surface area (Å²) in [5, 5.41) is 3.53. The number of nitrogens with one attached hydrogen (secondary N) is 1. The largest absolute Gasteiger partial charge is 0.374 e. The van der Waals surface area contributed by atoms with Crippen molar-refractivity contribution in [3.05, 3.63) is 29.8 Å². The molecule has 19 heavy (non-hydrogen) atoms. The summed E-state index contributed by atoms with van der Waals surface area (Å²) in [5.74, 6) is 0.694. The predicted molar refractivity (Wildman–Crippen MR) is 85.7 cm³/mol. The van der Waals surface area contributed by atoms with Crippen LogP contribution in [0.3, 0.4) is 0 Å². The van der Waals surface area contributed by atoms with Crippen LogP contribution in [-0.2, 0) is 6.54 Å². The summed E-state index contributed by atoms with van der Waals surface area (Å²) < 4.78 is 0. The van der Waals surface area contributed by atoms with Crippen molar-refractivity contribution in [1.29, 1.82) is 0 Å². The summed E-state index contributed by atoms with van der Waals surface area (Å²) in [6.07, 6.45) is 0. The second kappa shape index (κ2) is 6.95. The molecule has 1 rings (SSSR count). The van der Waals surface area contributed by atoms with Gasteiger partial charge in [0.05, 0.1) is 0 Å². The Balaban J connectivity index is 2.72. The number of anilines is 1. The third-order valence-electron chi connectivity index (χ3n) is 2.98.